The molecule has 1 heterocycles. The van der Waals surface area contributed by atoms with Crippen LogP contribution in [0.5, 0.6) is 0 Å². The molecule has 20 heavy (non-hydrogen) atoms. The van der Waals surface area contributed by atoms with Gasteiger partial charge in [-0.3, -0.25) is 4.90 Å². The van der Waals surface area contributed by atoms with Crippen LogP contribution in [0.4, 0.5) is 0 Å². The standard InChI is InChI=1S/C17H29N3/c1-4-18-12-15-7-9-16(10-8-15)13-20(3)17-6-5-11-19(2)14-17/h7-10,17-18H,4-6,11-14H2,1-3H3. The van der Waals surface area contributed by atoms with E-state index < -0.39 is 0 Å². The van der Waals surface area contributed by atoms with E-state index >= 15 is 0 Å². The number of hydrogen-bond donors (Lipinski definition) is 1. The summed E-state index contributed by atoms with van der Waals surface area (Å²) in [6.45, 7) is 7.66. The highest BCUT2D eigenvalue weighted by molar-refractivity contribution is 5.22. The van der Waals surface area contributed by atoms with Crippen molar-refractivity contribution < 1.29 is 0 Å². The molecule has 0 spiro atoms. The molecular formula is C17H29N3. The second-order valence-corrected chi connectivity index (χ2v) is 6.07. The Morgan fingerprint density at radius 2 is 1.95 bits per heavy atom. The average molecular weight is 275 g/mol. The first-order chi connectivity index (χ1) is 9.69. The van der Waals surface area contributed by atoms with Crippen molar-refractivity contribution in [3.63, 3.8) is 0 Å². The predicted molar refractivity (Wildman–Crippen MR) is 85.8 cm³/mol. The van der Waals surface area contributed by atoms with Crippen molar-refractivity contribution in [2.75, 3.05) is 33.7 Å². The van der Waals surface area contributed by atoms with Crippen LogP contribution in [0.1, 0.15) is 30.9 Å². The van der Waals surface area contributed by atoms with Crippen molar-refractivity contribution in [1.29, 1.82) is 0 Å². The van der Waals surface area contributed by atoms with Gasteiger partial charge in [0.1, 0.15) is 0 Å². The molecular weight excluding hydrogens is 246 g/mol. The smallest absolute Gasteiger partial charge is 0.0234 e. The van der Waals surface area contributed by atoms with E-state index in [1.807, 2.05) is 0 Å². The SMILES string of the molecule is CCNCc1ccc(CN(C)C2CCCN(C)C2)cc1. The molecule has 1 fully saturated rings. The second kappa shape index (κ2) is 7.77. The lowest BCUT2D eigenvalue weighted by molar-refractivity contribution is 0.129. The van der Waals surface area contributed by atoms with Crippen molar-refractivity contribution in [3.8, 4) is 0 Å². The Kier molecular flexibility index (Phi) is 6.02. The predicted octanol–water partition coefficient (Wildman–Crippen LogP) is 2.32. The highest BCUT2D eigenvalue weighted by Crippen LogP contribution is 2.16. The van der Waals surface area contributed by atoms with Crippen LogP contribution in [0, 0.1) is 0 Å². The highest BCUT2D eigenvalue weighted by atomic mass is 15.2. The van der Waals surface area contributed by atoms with Gasteiger partial charge in [0.2, 0.25) is 0 Å². The molecule has 112 valence electrons. The van der Waals surface area contributed by atoms with Gasteiger partial charge in [-0.2, -0.15) is 0 Å². The van der Waals surface area contributed by atoms with Gasteiger partial charge in [-0.1, -0.05) is 31.2 Å². The van der Waals surface area contributed by atoms with Crippen molar-refractivity contribution in [3.05, 3.63) is 35.4 Å². The summed E-state index contributed by atoms with van der Waals surface area (Å²) in [5.74, 6) is 0. The van der Waals surface area contributed by atoms with E-state index in [1.54, 1.807) is 0 Å². The lowest BCUT2D eigenvalue weighted by Crippen LogP contribution is -2.44. The van der Waals surface area contributed by atoms with Gasteiger partial charge in [-0.05, 0) is 51.2 Å². The fourth-order valence-electron chi connectivity index (χ4n) is 2.95. The van der Waals surface area contributed by atoms with Crippen LogP contribution in [0.2, 0.25) is 0 Å². The van der Waals surface area contributed by atoms with Crippen LogP contribution >= 0.6 is 0 Å². The van der Waals surface area contributed by atoms with E-state index in [0.717, 1.165) is 19.6 Å². The quantitative estimate of drug-likeness (QED) is 0.859. The number of nitrogens with one attached hydrogen (secondary N) is 1. The van der Waals surface area contributed by atoms with Crippen molar-refractivity contribution in [2.45, 2.75) is 38.9 Å². The zero-order valence-corrected chi connectivity index (χ0v) is 13.2. The normalized spacial score (nSPS) is 20.5. The molecule has 1 N–H and O–H groups in total. The molecule has 0 radical (unpaired) electrons. The van der Waals surface area contributed by atoms with Crippen LogP contribution in [-0.4, -0.2) is 49.6 Å². The zero-order chi connectivity index (χ0) is 14.4. The van der Waals surface area contributed by atoms with Gasteiger partial charge in [0.05, 0.1) is 0 Å². The molecule has 1 atom stereocenters. The molecule has 1 aliphatic heterocycles. The average Bonchev–Trinajstić information content (AvgIpc) is 2.46. The molecule has 0 amide bonds. The second-order valence-electron chi connectivity index (χ2n) is 6.07. The van der Waals surface area contributed by atoms with Crippen molar-refractivity contribution >= 4 is 0 Å². The summed E-state index contributed by atoms with van der Waals surface area (Å²) in [6.07, 6.45) is 2.66. The van der Waals surface area contributed by atoms with Gasteiger partial charge in [0.15, 0.2) is 0 Å². The number of likely N-dealkylation sites (N-methyl/N-ethyl adjacent to an activating group) is 2. The van der Waals surface area contributed by atoms with E-state index in [0.29, 0.717) is 6.04 Å². The Hall–Kier alpha value is -0.900. The molecule has 1 aliphatic rings. The molecule has 3 heteroatoms. The van der Waals surface area contributed by atoms with E-state index in [2.05, 4.69) is 60.4 Å². The molecule has 1 aromatic rings. The summed E-state index contributed by atoms with van der Waals surface area (Å²) in [5.41, 5.74) is 2.79. The fourth-order valence-corrected chi connectivity index (χ4v) is 2.95. The molecule has 1 aromatic carbocycles. The third kappa shape index (κ3) is 4.58. The summed E-state index contributed by atoms with van der Waals surface area (Å²) in [4.78, 5) is 4.96. The largest absolute Gasteiger partial charge is 0.313 e. The number of likely N-dealkylation sites (tertiary alicyclic amines) is 1. The summed E-state index contributed by atoms with van der Waals surface area (Å²) >= 11 is 0. The van der Waals surface area contributed by atoms with Crippen LogP contribution in [0.15, 0.2) is 24.3 Å². The number of rotatable bonds is 6. The Bertz CT molecular complexity index is 388. The van der Waals surface area contributed by atoms with Crippen LogP contribution in [-0.2, 0) is 13.1 Å². The monoisotopic (exact) mass is 275 g/mol. The van der Waals surface area contributed by atoms with Crippen LogP contribution in [0.3, 0.4) is 0 Å². The van der Waals surface area contributed by atoms with Crippen LogP contribution in [0.25, 0.3) is 0 Å². The van der Waals surface area contributed by atoms with E-state index in [4.69, 9.17) is 0 Å². The van der Waals surface area contributed by atoms with Crippen LogP contribution < -0.4 is 5.32 Å². The lowest BCUT2D eigenvalue weighted by Gasteiger charge is -2.35. The van der Waals surface area contributed by atoms with Crippen molar-refractivity contribution in [1.82, 2.24) is 15.1 Å². The van der Waals surface area contributed by atoms with Crippen molar-refractivity contribution in [2.24, 2.45) is 0 Å². The first-order valence-corrected chi connectivity index (χ1v) is 7.86. The first-order valence-electron chi connectivity index (χ1n) is 7.86. The molecule has 0 saturated carbocycles. The number of piperidine rings is 1. The molecule has 1 unspecified atom stereocenters. The maximum Gasteiger partial charge on any atom is 0.0234 e. The summed E-state index contributed by atoms with van der Waals surface area (Å²) < 4.78 is 0. The molecule has 1 saturated heterocycles. The number of hydrogen-bond acceptors (Lipinski definition) is 3. The molecule has 0 aliphatic carbocycles. The maximum absolute atomic E-state index is 3.37. The molecule has 2 rings (SSSR count). The number of benzene rings is 1. The number of nitrogens with zero attached hydrogens (tertiary/aromatic N) is 2. The Morgan fingerprint density at radius 3 is 2.60 bits per heavy atom. The lowest BCUT2D eigenvalue weighted by atomic mass is 10.0. The third-order valence-electron chi connectivity index (χ3n) is 4.26. The Balaban J connectivity index is 1.85. The van der Waals surface area contributed by atoms with Gasteiger partial charge in [-0.15, -0.1) is 0 Å². The van der Waals surface area contributed by atoms with Gasteiger partial charge in [0, 0.05) is 25.7 Å². The molecule has 3 nitrogen and oxygen atoms in total. The Morgan fingerprint density at radius 1 is 1.25 bits per heavy atom. The minimum atomic E-state index is 0.704. The highest BCUT2D eigenvalue weighted by Gasteiger charge is 2.20. The summed E-state index contributed by atoms with van der Waals surface area (Å²) in [6, 6.07) is 9.75. The third-order valence-corrected chi connectivity index (χ3v) is 4.26. The fraction of sp³-hybridized carbons (Fsp3) is 0.647. The summed E-state index contributed by atoms with van der Waals surface area (Å²) in [5, 5.41) is 3.37. The Labute approximate surface area is 124 Å². The molecule has 0 aromatic heterocycles. The van der Waals surface area contributed by atoms with E-state index in [1.165, 1.54) is 37.1 Å². The minimum absolute atomic E-state index is 0.704. The van der Waals surface area contributed by atoms with Gasteiger partial charge in [0.25, 0.3) is 0 Å². The first kappa shape index (κ1) is 15.5. The van der Waals surface area contributed by atoms with E-state index in [9.17, 15) is 0 Å². The topological polar surface area (TPSA) is 18.5 Å². The van der Waals surface area contributed by atoms with Gasteiger partial charge in [-0.25, -0.2) is 0 Å². The zero-order valence-electron chi connectivity index (χ0n) is 13.2. The summed E-state index contributed by atoms with van der Waals surface area (Å²) in [7, 11) is 4.49. The maximum atomic E-state index is 3.37. The van der Waals surface area contributed by atoms with Gasteiger partial charge < -0.3 is 10.2 Å². The minimum Gasteiger partial charge on any atom is -0.313 e. The molecule has 0 bridgehead atoms. The van der Waals surface area contributed by atoms with E-state index in [-0.39, 0.29) is 0 Å². The van der Waals surface area contributed by atoms with Gasteiger partial charge >= 0.3 is 0 Å².